The van der Waals surface area contributed by atoms with Crippen LogP contribution in [-0.4, -0.2) is 51.3 Å². The van der Waals surface area contributed by atoms with Gasteiger partial charge in [-0.15, -0.1) is 0 Å². The smallest absolute Gasteiger partial charge is 0.341 e. The maximum absolute atomic E-state index is 12.4. The van der Waals surface area contributed by atoms with Crippen molar-refractivity contribution in [2.24, 2.45) is 5.73 Å². The molecule has 1 heterocycles. The number of anilines is 1. The van der Waals surface area contributed by atoms with Crippen LogP contribution in [0.5, 0.6) is 0 Å². The summed E-state index contributed by atoms with van der Waals surface area (Å²) < 4.78 is 47.5. The number of piperazine rings is 1. The van der Waals surface area contributed by atoms with Crippen molar-refractivity contribution in [3.05, 3.63) is 24.3 Å². The van der Waals surface area contributed by atoms with Gasteiger partial charge < -0.3 is 15.5 Å². The number of hydrogen-bond acceptors (Lipinski definition) is 4. The number of alkyl halides is 2. The number of urea groups is 1. The van der Waals surface area contributed by atoms with E-state index in [2.05, 4.69) is 0 Å². The molecule has 2 amide bonds. The lowest BCUT2D eigenvalue weighted by molar-refractivity contribution is 0.204. The average Bonchev–Trinajstić information content (AvgIpc) is 2.47. The Bertz CT molecular complexity index is 611. The van der Waals surface area contributed by atoms with Crippen molar-refractivity contribution in [2.75, 3.05) is 31.1 Å². The zero-order valence-electron chi connectivity index (χ0n) is 11.1. The van der Waals surface area contributed by atoms with Gasteiger partial charge in [-0.05, 0) is 24.3 Å². The highest BCUT2D eigenvalue weighted by molar-refractivity contribution is 7.91. The molecule has 1 aromatic carbocycles. The number of sulfone groups is 1. The Labute approximate surface area is 121 Å². The van der Waals surface area contributed by atoms with Crippen LogP contribution >= 0.6 is 0 Å². The van der Waals surface area contributed by atoms with Gasteiger partial charge in [-0.2, -0.15) is 8.78 Å². The summed E-state index contributed by atoms with van der Waals surface area (Å²) in [7, 11) is -4.57. The second-order valence-corrected chi connectivity index (χ2v) is 6.53. The van der Waals surface area contributed by atoms with Crippen LogP contribution in [-0.2, 0) is 9.84 Å². The third-order valence-corrected chi connectivity index (χ3v) is 4.75. The Kier molecular flexibility index (Phi) is 4.31. The van der Waals surface area contributed by atoms with Gasteiger partial charge in [-0.3, -0.25) is 0 Å². The van der Waals surface area contributed by atoms with Crippen LogP contribution in [0.25, 0.3) is 0 Å². The van der Waals surface area contributed by atoms with E-state index in [1.807, 2.05) is 4.90 Å². The molecule has 21 heavy (non-hydrogen) atoms. The van der Waals surface area contributed by atoms with Gasteiger partial charge >= 0.3 is 11.8 Å². The standard InChI is InChI=1S/C12H15F2N3O3S/c13-11(14)21(19,20)10-3-1-9(2-4-10)16-5-7-17(8-6-16)12(15)18/h1-4,11H,5-8H2,(H2,15,18). The number of rotatable bonds is 3. The van der Waals surface area contributed by atoms with E-state index in [-0.39, 0.29) is 0 Å². The first-order valence-electron chi connectivity index (χ1n) is 6.24. The molecule has 0 spiro atoms. The number of nitrogens with two attached hydrogens (primary N) is 1. The second kappa shape index (κ2) is 5.84. The molecular weight excluding hydrogens is 304 g/mol. The fourth-order valence-electron chi connectivity index (χ4n) is 2.13. The van der Waals surface area contributed by atoms with Crippen molar-refractivity contribution in [1.82, 2.24) is 4.90 Å². The molecule has 1 saturated heterocycles. The highest BCUT2D eigenvalue weighted by Gasteiger charge is 2.26. The highest BCUT2D eigenvalue weighted by Crippen LogP contribution is 2.22. The van der Waals surface area contributed by atoms with E-state index in [0.717, 1.165) is 12.1 Å². The summed E-state index contributed by atoms with van der Waals surface area (Å²) in [4.78, 5) is 14.0. The minimum Gasteiger partial charge on any atom is -0.368 e. The molecule has 1 aliphatic rings. The van der Waals surface area contributed by atoms with E-state index in [0.29, 0.717) is 31.9 Å². The number of primary amides is 1. The Morgan fingerprint density at radius 3 is 2.05 bits per heavy atom. The molecule has 116 valence electrons. The molecule has 0 aliphatic carbocycles. The molecule has 0 unspecified atom stereocenters. The molecule has 2 N–H and O–H groups in total. The molecular formula is C12H15F2N3O3S. The topological polar surface area (TPSA) is 83.7 Å². The van der Waals surface area contributed by atoms with Gasteiger partial charge in [0.2, 0.25) is 9.84 Å². The predicted octanol–water partition coefficient (Wildman–Crippen LogP) is 0.884. The van der Waals surface area contributed by atoms with Crippen molar-refractivity contribution < 1.29 is 22.0 Å². The molecule has 1 aliphatic heterocycles. The normalized spacial score (nSPS) is 16.3. The maximum atomic E-state index is 12.4. The summed E-state index contributed by atoms with van der Waals surface area (Å²) in [6.45, 7) is 2.02. The zero-order chi connectivity index (χ0) is 15.6. The first-order chi connectivity index (χ1) is 9.82. The number of benzene rings is 1. The lowest BCUT2D eigenvalue weighted by Gasteiger charge is -2.35. The van der Waals surface area contributed by atoms with Gasteiger partial charge in [0.25, 0.3) is 0 Å². The summed E-state index contributed by atoms with van der Waals surface area (Å²) in [6.07, 6.45) is 0. The number of nitrogens with zero attached hydrogens (tertiary/aromatic N) is 2. The quantitative estimate of drug-likeness (QED) is 0.896. The SMILES string of the molecule is NC(=O)N1CCN(c2ccc(S(=O)(=O)C(F)F)cc2)CC1. The Morgan fingerprint density at radius 2 is 1.62 bits per heavy atom. The molecule has 2 rings (SSSR count). The summed E-state index contributed by atoms with van der Waals surface area (Å²) >= 11 is 0. The molecule has 0 saturated carbocycles. The third-order valence-electron chi connectivity index (χ3n) is 3.36. The lowest BCUT2D eigenvalue weighted by atomic mass is 10.2. The number of hydrogen-bond donors (Lipinski definition) is 1. The van der Waals surface area contributed by atoms with Gasteiger partial charge in [-0.25, -0.2) is 13.2 Å². The van der Waals surface area contributed by atoms with Crippen LogP contribution in [0.4, 0.5) is 19.3 Å². The van der Waals surface area contributed by atoms with Crippen LogP contribution in [0.15, 0.2) is 29.2 Å². The summed E-state index contributed by atoms with van der Waals surface area (Å²) in [5.74, 6) is -3.43. The first kappa shape index (κ1) is 15.5. The van der Waals surface area contributed by atoms with Crippen LogP contribution < -0.4 is 10.6 Å². The Hall–Kier alpha value is -1.90. The molecule has 1 fully saturated rings. The van der Waals surface area contributed by atoms with Gasteiger partial charge in [0, 0.05) is 31.9 Å². The fraction of sp³-hybridized carbons (Fsp3) is 0.417. The monoisotopic (exact) mass is 319 g/mol. The van der Waals surface area contributed by atoms with E-state index in [9.17, 15) is 22.0 Å². The van der Waals surface area contributed by atoms with E-state index in [1.165, 1.54) is 17.0 Å². The highest BCUT2D eigenvalue weighted by atomic mass is 32.2. The second-order valence-electron chi connectivity index (χ2n) is 4.61. The largest absolute Gasteiger partial charge is 0.368 e. The summed E-state index contributed by atoms with van der Waals surface area (Å²) in [5, 5.41) is 0. The zero-order valence-corrected chi connectivity index (χ0v) is 11.9. The summed E-state index contributed by atoms with van der Waals surface area (Å²) in [5.41, 5.74) is 5.89. The lowest BCUT2D eigenvalue weighted by Crippen LogP contribution is -2.50. The van der Waals surface area contributed by atoms with Crippen molar-refractivity contribution in [2.45, 2.75) is 10.7 Å². The molecule has 1 aromatic rings. The van der Waals surface area contributed by atoms with Crippen LogP contribution in [0.1, 0.15) is 0 Å². The van der Waals surface area contributed by atoms with Crippen molar-refractivity contribution >= 4 is 21.6 Å². The van der Waals surface area contributed by atoms with Gasteiger partial charge in [0.1, 0.15) is 0 Å². The fourth-order valence-corrected chi connectivity index (χ4v) is 2.86. The molecule has 9 heteroatoms. The van der Waals surface area contributed by atoms with E-state index >= 15 is 0 Å². The van der Waals surface area contributed by atoms with Crippen LogP contribution in [0.3, 0.4) is 0 Å². The first-order valence-corrected chi connectivity index (χ1v) is 7.78. The Balaban J connectivity index is 2.09. The van der Waals surface area contributed by atoms with Gasteiger partial charge in [-0.1, -0.05) is 0 Å². The minimum atomic E-state index is -4.57. The number of halogens is 2. The molecule has 0 atom stereocenters. The van der Waals surface area contributed by atoms with E-state index in [1.54, 1.807) is 0 Å². The Morgan fingerprint density at radius 1 is 1.10 bits per heavy atom. The van der Waals surface area contributed by atoms with E-state index < -0.39 is 26.5 Å². The van der Waals surface area contributed by atoms with Gasteiger partial charge in [0.05, 0.1) is 4.90 Å². The molecule has 0 radical (unpaired) electrons. The maximum Gasteiger partial charge on any atom is 0.341 e. The predicted molar refractivity (Wildman–Crippen MR) is 73.0 cm³/mol. The van der Waals surface area contributed by atoms with Crippen molar-refractivity contribution in [3.63, 3.8) is 0 Å². The van der Waals surface area contributed by atoms with Crippen molar-refractivity contribution in [3.8, 4) is 0 Å². The molecule has 0 aromatic heterocycles. The van der Waals surface area contributed by atoms with Crippen molar-refractivity contribution in [1.29, 1.82) is 0 Å². The average molecular weight is 319 g/mol. The summed E-state index contributed by atoms with van der Waals surface area (Å²) in [6, 6.07) is 4.81. The van der Waals surface area contributed by atoms with Crippen LogP contribution in [0, 0.1) is 0 Å². The van der Waals surface area contributed by atoms with Crippen LogP contribution in [0.2, 0.25) is 0 Å². The molecule has 6 nitrogen and oxygen atoms in total. The minimum absolute atomic E-state index is 0.406. The number of carbonyl (C=O) groups excluding carboxylic acids is 1. The van der Waals surface area contributed by atoms with E-state index in [4.69, 9.17) is 5.73 Å². The number of amides is 2. The molecule has 0 bridgehead atoms. The number of carbonyl (C=O) groups is 1. The third kappa shape index (κ3) is 3.23. The van der Waals surface area contributed by atoms with Gasteiger partial charge in [0.15, 0.2) is 0 Å².